The van der Waals surface area contributed by atoms with Gasteiger partial charge in [-0.2, -0.15) is 0 Å². The van der Waals surface area contributed by atoms with Crippen LogP contribution in [0.5, 0.6) is 0 Å². The fourth-order valence-electron chi connectivity index (χ4n) is 7.75. The van der Waals surface area contributed by atoms with Crippen LogP contribution in [0.1, 0.15) is 259 Å². The molecule has 0 saturated carbocycles. The van der Waals surface area contributed by atoms with Gasteiger partial charge in [-0.1, -0.05) is 41.5 Å². The van der Waals surface area contributed by atoms with E-state index in [1.165, 1.54) is 69.5 Å². The van der Waals surface area contributed by atoms with E-state index in [-0.39, 0.29) is 123 Å². The average molecular weight is 1740 g/mol. The van der Waals surface area contributed by atoms with Crippen LogP contribution in [0.4, 0.5) is 0 Å². The third-order valence-corrected chi connectivity index (χ3v) is 13.3. The van der Waals surface area contributed by atoms with Crippen LogP contribution in [0, 0.1) is 0 Å². The lowest BCUT2D eigenvalue weighted by molar-refractivity contribution is -0.145. The summed E-state index contributed by atoms with van der Waals surface area (Å²) in [6, 6.07) is 24.4. The molecule has 8 heterocycles. The van der Waals surface area contributed by atoms with Gasteiger partial charge < -0.3 is 111 Å². The van der Waals surface area contributed by atoms with Gasteiger partial charge in [0, 0.05) is 33.1 Å². The van der Waals surface area contributed by atoms with Crippen molar-refractivity contribution >= 4 is 97.0 Å². The van der Waals surface area contributed by atoms with Crippen molar-refractivity contribution in [3.8, 4) is 0 Å². The molecule has 0 atom stereocenters. The van der Waals surface area contributed by atoms with Crippen LogP contribution >= 0.6 is 0 Å². The van der Waals surface area contributed by atoms with Crippen LogP contribution in [-0.4, -0.2) is 150 Å². The van der Waals surface area contributed by atoms with Gasteiger partial charge in [-0.15, -0.1) is 0 Å². The van der Waals surface area contributed by atoms with Crippen molar-refractivity contribution in [3.05, 3.63) is 189 Å². The molecule has 0 spiro atoms. The summed E-state index contributed by atoms with van der Waals surface area (Å²) >= 11 is 0. The summed E-state index contributed by atoms with van der Waals surface area (Å²) < 4.78 is 116. The highest BCUT2D eigenvalue weighted by Crippen LogP contribution is 2.18. The molecule has 0 aliphatic heterocycles. The van der Waals surface area contributed by atoms with E-state index >= 15 is 0 Å². The topological polar surface area (TPSA) is 526 Å². The number of hydrogen-bond acceptors (Lipinski definition) is 40. The van der Waals surface area contributed by atoms with Crippen molar-refractivity contribution in [1.29, 1.82) is 0 Å². The molecule has 0 aliphatic rings. The van der Waals surface area contributed by atoms with E-state index in [1.54, 1.807) is 104 Å². The molecule has 8 aromatic heterocycles. The Bertz CT molecular complexity index is 4470. The second-order valence-corrected chi connectivity index (χ2v) is 23.5. The first kappa shape index (κ1) is 107. The number of carbonyl (C=O) groups is 16. The number of methoxy groups -OCH3 is 1. The minimum atomic E-state index is -0.553. The lowest BCUT2D eigenvalue weighted by atomic mass is 10.4. The van der Waals surface area contributed by atoms with E-state index in [9.17, 15) is 76.7 Å². The van der Waals surface area contributed by atoms with Crippen molar-refractivity contribution in [3.63, 3.8) is 0 Å². The Morgan fingerprint density at radius 1 is 0.276 bits per heavy atom. The number of rotatable bonds is 40. The van der Waals surface area contributed by atoms with Crippen molar-refractivity contribution < 1.29 is 188 Å². The molecule has 0 fully saturated rings. The first-order valence-electron chi connectivity index (χ1n) is 37.9. The van der Waals surface area contributed by atoms with Crippen LogP contribution in [0.3, 0.4) is 0 Å². The summed E-state index contributed by atoms with van der Waals surface area (Å²) in [6.07, 6.45) is 3.01. The van der Waals surface area contributed by atoms with Gasteiger partial charge in [0.25, 0.3) is 19.4 Å². The third-order valence-electron chi connectivity index (χ3n) is 13.3. The van der Waals surface area contributed by atoms with Crippen LogP contribution in [0.15, 0.2) is 132 Å². The number of esters is 13. The molecular formula is C83H102O40. The monoisotopic (exact) mass is 1740 g/mol. The fourth-order valence-corrected chi connectivity index (χ4v) is 7.75. The molecule has 8 rings (SSSR count). The van der Waals surface area contributed by atoms with Gasteiger partial charge >= 0.3 is 77.6 Å². The smallest absolute Gasteiger partial charge is 0.374 e. The Hall–Kier alpha value is -14.2. The van der Waals surface area contributed by atoms with Gasteiger partial charge in [0.2, 0.25) is 46.1 Å². The van der Waals surface area contributed by atoms with E-state index in [2.05, 4.69) is 18.9 Å². The quantitative estimate of drug-likeness (QED) is 0.0195. The maximum atomic E-state index is 11.4. The van der Waals surface area contributed by atoms with E-state index in [0.717, 1.165) is 19.3 Å². The first-order chi connectivity index (χ1) is 58.9. The number of hydrogen-bond donors (Lipinski definition) is 0. The van der Waals surface area contributed by atoms with E-state index in [1.807, 2.05) is 20.8 Å². The molecule has 0 aliphatic carbocycles. The first-order valence-corrected chi connectivity index (χ1v) is 37.9. The molecule has 0 saturated heterocycles. The lowest BCUT2D eigenvalue weighted by Gasteiger charge is -2.04. The molecule has 40 nitrogen and oxygen atoms in total. The Morgan fingerprint density at radius 2 is 0.480 bits per heavy atom. The second kappa shape index (κ2) is 63.8. The zero-order valence-corrected chi connectivity index (χ0v) is 70.5. The summed E-state index contributed by atoms with van der Waals surface area (Å²) in [5.41, 5.74) is 0. The Morgan fingerprint density at radius 3 is 0.667 bits per heavy atom. The highest BCUT2D eigenvalue weighted by Gasteiger charge is 2.20. The van der Waals surface area contributed by atoms with Crippen LogP contribution in [-0.2, 0) is 167 Å². The highest BCUT2D eigenvalue weighted by molar-refractivity contribution is 5.89. The third kappa shape index (κ3) is 47.2. The van der Waals surface area contributed by atoms with Crippen molar-refractivity contribution in [2.45, 2.75) is 187 Å². The van der Waals surface area contributed by atoms with E-state index in [4.69, 9.17) is 92.2 Å². The predicted molar refractivity (Wildman–Crippen MR) is 415 cm³/mol. The summed E-state index contributed by atoms with van der Waals surface area (Å²) in [7, 11) is 1.27. The second-order valence-electron chi connectivity index (χ2n) is 23.5. The van der Waals surface area contributed by atoms with Crippen LogP contribution in [0.2, 0.25) is 0 Å². The summed E-state index contributed by atoms with van der Waals surface area (Å²) in [5, 5.41) is 0. The lowest BCUT2D eigenvalue weighted by Crippen LogP contribution is -2.10. The number of carbonyl (C=O) groups excluding carboxylic acids is 16. The molecule has 674 valence electrons. The SMILES string of the molecule is CC(C)OC(=O)c1ccc(COC=O)o1.CCC(=O)OCc1ccc(C(=O)OC)o1.CCCOC(=O)c1ccc(COC(=O)CC)o1.CCCOC(=O)c1ccc(COC(C)=O)o1.CCCOC(=O)c1ccc(COC=O)o1.CCOC(=O)c1ccc(COC(=O)CC)o1.CCOC(=O)c1ccc(COC(C)=O)o1.CCOC(=O)c1ccc(COC=O)o1. The molecule has 40 heteroatoms. The standard InChI is InChI=1S/C12H16O5.2C11H14O5.4C10H12O5.C9H10O5/c1-3-7-15-12(14)10-6-5-9(17-10)8-16-11(13)4-2;1-3-6-14-11(13)10-5-4-9(16-10)7-15-8(2)12;1-3-10(12)15-7-8-5-6-9(16-8)11(13)14-4-2;1-7(2)14-10(12)9-4-3-8(15-9)5-13-6-11;1-3-9(11)14-6-7-4-5-8(15-7)10(12)13-2;1-3-13-10(12)9-5-4-8(15-9)6-14-7(2)11;1-2-5-14-10(12)9-4-3-8(15-9)6-13-7-11;1-2-13-9(11)8-4-3-7(14-8)5-12-6-10/h5-6H,3-4,7-8H2,1-2H3;4-5H,3,6-7H2,1-2H3;5-6H,3-4,7H2,1-2H3;3-4,6-7H,5H2,1-2H3;2*4-5H,3,6H2,1-2H3;3-4,7H,2,5-6H2,1H3;3-4,6H,2,5H2,1H3. The van der Waals surface area contributed by atoms with Crippen LogP contribution in [0.25, 0.3) is 0 Å². The minimum Gasteiger partial charge on any atom is -0.463 e. The molecule has 0 N–H and O–H groups in total. The highest BCUT2D eigenvalue weighted by atomic mass is 16.6. The maximum Gasteiger partial charge on any atom is 0.374 e. The number of furan rings is 8. The largest absolute Gasteiger partial charge is 0.463 e. The average Bonchev–Trinajstić information content (AvgIpc) is 1.74. The summed E-state index contributed by atoms with van der Waals surface area (Å²) in [6.45, 7) is 25.1. The van der Waals surface area contributed by atoms with Gasteiger partial charge in [0.05, 0.1) is 52.9 Å². The molecular weight excluding hydrogens is 1640 g/mol. The van der Waals surface area contributed by atoms with E-state index < -0.39 is 59.7 Å². The molecule has 123 heavy (non-hydrogen) atoms. The summed E-state index contributed by atoms with van der Waals surface area (Å²) in [4.78, 5) is 173. The van der Waals surface area contributed by atoms with Crippen molar-refractivity contribution in [2.75, 3.05) is 46.8 Å². The molecule has 0 bridgehead atoms. The van der Waals surface area contributed by atoms with Gasteiger partial charge in [0.15, 0.2) is 0 Å². The molecule has 0 aromatic carbocycles. The summed E-state index contributed by atoms with van der Waals surface area (Å²) in [5.74, 6) is -1.68. The van der Waals surface area contributed by atoms with Crippen molar-refractivity contribution in [2.24, 2.45) is 0 Å². The molecule has 0 unspecified atom stereocenters. The van der Waals surface area contributed by atoms with E-state index in [0.29, 0.717) is 124 Å². The zero-order chi connectivity index (χ0) is 91.9. The zero-order valence-electron chi connectivity index (χ0n) is 70.5. The van der Waals surface area contributed by atoms with Gasteiger partial charge in [0.1, 0.15) is 98.9 Å². The minimum absolute atomic E-state index is 0.0124. The fraction of sp³-hybridized carbons (Fsp3) is 0.422. The normalized spacial score (nSPS) is 9.81. The Balaban J connectivity index is 0.000000703. The van der Waals surface area contributed by atoms with Gasteiger partial charge in [-0.05, 0) is 151 Å². The number of ether oxygens (including phenoxy) is 16. The molecule has 0 amide bonds. The van der Waals surface area contributed by atoms with Gasteiger partial charge in [-0.25, -0.2) is 38.4 Å². The Kier molecular flexibility index (Phi) is 55.4. The molecule has 0 radical (unpaired) electrons. The van der Waals surface area contributed by atoms with Crippen molar-refractivity contribution in [1.82, 2.24) is 0 Å². The van der Waals surface area contributed by atoms with Crippen LogP contribution < -0.4 is 0 Å². The Labute approximate surface area is 705 Å². The van der Waals surface area contributed by atoms with Gasteiger partial charge in [-0.3, -0.25) is 38.4 Å². The molecule has 8 aromatic rings. The predicted octanol–water partition coefficient (Wildman–Crippen LogP) is 13.3. The maximum absolute atomic E-state index is 11.4.